The van der Waals surface area contributed by atoms with Crippen molar-refractivity contribution in [1.29, 1.82) is 0 Å². The van der Waals surface area contributed by atoms with Gasteiger partial charge in [-0.2, -0.15) is 0 Å². The van der Waals surface area contributed by atoms with Crippen LogP contribution in [0.2, 0.25) is 0 Å². The fourth-order valence-corrected chi connectivity index (χ4v) is 4.87. The third-order valence-corrected chi connectivity index (χ3v) is 6.87. The first-order valence-electron chi connectivity index (χ1n) is 11.8. The standard InChI is InChI=1S/C28H29N5O2/c1-18-16-29-8-6-23(18)25-13-21(17-32-12-10-30-20(32)3)14-26-24(25)7-11-33(28(26)34)19(2)27-15-22(35-4)5-9-31-27/h5-6,8-10,12-16,19H,7,11,17H2,1-4H3/t19-/m0/s1. The van der Waals surface area contributed by atoms with Crippen LogP contribution in [-0.2, 0) is 13.0 Å². The Morgan fingerprint density at radius 1 is 1.03 bits per heavy atom. The Labute approximate surface area is 205 Å². The molecule has 0 bridgehead atoms. The molecule has 0 saturated carbocycles. The van der Waals surface area contributed by atoms with Gasteiger partial charge in [0.05, 0.1) is 18.8 Å². The highest BCUT2D eigenvalue weighted by Gasteiger charge is 2.31. The van der Waals surface area contributed by atoms with E-state index in [2.05, 4.69) is 38.6 Å². The van der Waals surface area contributed by atoms with Gasteiger partial charge in [-0.25, -0.2) is 4.98 Å². The summed E-state index contributed by atoms with van der Waals surface area (Å²) in [6.45, 7) is 7.35. The van der Waals surface area contributed by atoms with Crippen molar-refractivity contribution in [3.63, 3.8) is 0 Å². The molecule has 7 heteroatoms. The SMILES string of the molecule is COc1ccnc([C@H](C)N2CCc3c(cc(Cn4ccnc4C)cc3-c3ccncc3C)C2=O)c1. The minimum atomic E-state index is -0.170. The molecule has 3 aromatic heterocycles. The lowest BCUT2D eigenvalue weighted by atomic mass is 9.86. The average molecular weight is 468 g/mol. The van der Waals surface area contributed by atoms with E-state index in [9.17, 15) is 4.79 Å². The lowest BCUT2D eigenvalue weighted by molar-refractivity contribution is 0.0669. The third-order valence-electron chi connectivity index (χ3n) is 6.87. The summed E-state index contributed by atoms with van der Waals surface area (Å²) in [7, 11) is 1.64. The highest BCUT2D eigenvalue weighted by atomic mass is 16.5. The van der Waals surface area contributed by atoms with Crippen LogP contribution in [0, 0.1) is 13.8 Å². The normalized spacial score (nSPS) is 14.1. The van der Waals surface area contributed by atoms with E-state index in [0.29, 0.717) is 13.1 Å². The number of aromatic nitrogens is 4. The number of aryl methyl sites for hydroxylation is 2. The van der Waals surface area contributed by atoms with Crippen LogP contribution in [0.1, 0.15) is 51.5 Å². The van der Waals surface area contributed by atoms with Gasteiger partial charge in [0.2, 0.25) is 0 Å². The third kappa shape index (κ3) is 4.30. The molecule has 1 aromatic carbocycles. The molecular weight excluding hydrogens is 438 g/mol. The van der Waals surface area contributed by atoms with Crippen molar-refractivity contribution < 1.29 is 9.53 Å². The number of carbonyl (C=O) groups is 1. The zero-order chi connectivity index (χ0) is 24.5. The number of fused-ring (bicyclic) bond motifs is 1. The number of amides is 1. The average Bonchev–Trinajstić information content (AvgIpc) is 3.28. The number of methoxy groups -OCH3 is 1. The van der Waals surface area contributed by atoms with Crippen LogP contribution in [0.25, 0.3) is 11.1 Å². The van der Waals surface area contributed by atoms with Gasteiger partial charge in [0.25, 0.3) is 5.91 Å². The summed E-state index contributed by atoms with van der Waals surface area (Å²) < 4.78 is 7.47. The van der Waals surface area contributed by atoms with Crippen LogP contribution >= 0.6 is 0 Å². The summed E-state index contributed by atoms with van der Waals surface area (Å²) in [4.78, 5) is 29.0. The maximum atomic E-state index is 13.9. The quantitative estimate of drug-likeness (QED) is 0.408. The first kappa shape index (κ1) is 22.8. The maximum Gasteiger partial charge on any atom is 0.254 e. The van der Waals surface area contributed by atoms with Gasteiger partial charge in [0, 0.05) is 55.7 Å². The predicted octanol–water partition coefficient (Wildman–Crippen LogP) is 4.77. The molecule has 4 heterocycles. The smallest absolute Gasteiger partial charge is 0.254 e. The van der Waals surface area contributed by atoms with Gasteiger partial charge in [0.1, 0.15) is 11.6 Å². The van der Waals surface area contributed by atoms with E-state index >= 15 is 0 Å². The highest BCUT2D eigenvalue weighted by Crippen LogP contribution is 2.36. The van der Waals surface area contributed by atoms with Crippen LogP contribution in [0.15, 0.2) is 61.3 Å². The van der Waals surface area contributed by atoms with Gasteiger partial charge < -0.3 is 14.2 Å². The fourth-order valence-electron chi connectivity index (χ4n) is 4.87. The van der Waals surface area contributed by atoms with Crippen LogP contribution in [0.4, 0.5) is 0 Å². The maximum absolute atomic E-state index is 13.9. The van der Waals surface area contributed by atoms with Crippen LogP contribution in [-0.4, -0.2) is 44.0 Å². The summed E-state index contributed by atoms with van der Waals surface area (Å²) >= 11 is 0. The first-order valence-corrected chi connectivity index (χ1v) is 11.8. The molecule has 7 nitrogen and oxygen atoms in total. The molecule has 1 amide bonds. The Hall–Kier alpha value is -4.00. The van der Waals surface area contributed by atoms with Crippen molar-refractivity contribution in [2.45, 2.75) is 39.8 Å². The van der Waals surface area contributed by atoms with Crippen molar-refractivity contribution in [3.8, 4) is 16.9 Å². The summed E-state index contributed by atoms with van der Waals surface area (Å²) in [5.41, 5.74) is 7.05. The van der Waals surface area contributed by atoms with Gasteiger partial charge in [-0.1, -0.05) is 0 Å². The van der Waals surface area contributed by atoms with Crippen LogP contribution in [0.5, 0.6) is 5.75 Å². The lowest BCUT2D eigenvalue weighted by Gasteiger charge is -2.35. The van der Waals surface area contributed by atoms with Crippen molar-refractivity contribution in [2.75, 3.05) is 13.7 Å². The molecule has 0 spiro atoms. The highest BCUT2D eigenvalue weighted by molar-refractivity contribution is 5.99. The van der Waals surface area contributed by atoms with Crippen molar-refractivity contribution >= 4 is 5.91 Å². The molecule has 35 heavy (non-hydrogen) atoms. The second-order valence-electron chi connectivity index (χ2n) is 9.01. The lowest BCUT2D eigenvalue weighted by Crippen LogP contribution is -2.40. The number of pyridine rings is 2. The molecule has 0 fully saturated rings. The number of carbonyl (C=O) groups excluding carboxylic acids is 1. The zero-order valence-electron chi connectivity index (χ0n) is 20.5. The van der Waals surface area contributed by atoms with Gasteiger partial charge >= 0.3 is 0 Å². The molecule has 5 rings (SSSR count). The van der Waals surface area contributed by atoms with E-state index in [-0.39, 0.29) is 11.9 Å². The topological polar surface area (TPSA) is 73.1 Å². The number of benzene rings is 1. The molecule has 178 valence electrons. The Morgan fingerprint density at radius 3 is 2.60 bits per heavy atom. The number of nitrogens with zero attached hydrogens (tertiary/aromatic N) is 5. The Balaban J connectivity index is 1.58. The van der Waals surface area contributed by atoms with Gasteiger partial charge in [-0.15, -0.1) is 0 Å². The van der Waals surface area contributed by atoms with E-state index in [0.717, 1.165) is 57.1 Å². The number of rotatable bonds is 6. The molecule has 0 aliphatic carbocycles. The van der Waals surface area contributed by atoms with Gasteiger partial charge in [-0.05, 0) is 79.3 Å². The summed E-state index contributed by atoms with van der Waals surface area (Å²) in [6, 6.07) is 9.85. The van der Waals surface area contributed by atoms with E-state index < -0.39 is 0 Å². The number of ether oxygens (including phenoxy) is 1. The molecule has 0 saturated heterocycles. The molecule has 4 aromatic rings. The summed E-state index contributed by atoms with van der Waals surface area (Å²) in [5.74, 6) is 1.70. The molecule has 1 atom stereocenters. The van der Waals surface area contributed by atoms with E-state index in [1.807, 2.05) is 55.5 Å². The minimum Gasteiger partial charge on any atom is -0.497 e. The summed E-state index contributed by atoms with van der Waals surface area (Å²) in [5, 5.41) is 0. The second kappa shape index (κ2) is 9.33. The van der Waals surface area contributed by atoms with E-state index in [1.165, 1.54) is 0 Å². The number of hydrogen-bond acceptors (Lipinski definition) is 5. The largest absolute Gasteiger partial charge is 0.497 e. The monoisotopic (exact) mass is 467 g/mol. The molecule has 0 unspecified atom stereocenters. The first-order chi connectivity index (χ1) is 17.0. The van der Waals surface area contributed by atoms with Crippen molar-refractivity contribution in [1.82, 2.24) is 24.4 Å². The van der Waals surface area contributed by atoms with Crippen molar-refractivity contribution in [2.24, 2.45) is 0 Å². The van der Waals surface area contributed by atoms with E-state index in [4.69, 9.17) is 4.74 Å². The Kier molecular flexibility index (Phi) is 6.07. The number of hydrogen-bond donors (Lipinski definition) is 0. The molecular formula is C28H29N5O2. The van der Waals surface area contributed by atoms with Crippen molar-refractivity contribution in [3.05, 3.63) is 95.1 Å². The van der Waals surface area contributed by atoms with E-state index in [1.54, 1.807) is 19.5 Å². The molecule has 1 aliphatic heterocycles. The number of imidazole rings is 1. The van der Waals surface area contributed by atoms with Crippen LogP contribution < -0.4 is 4.74 Å². The van der Waals surface area contributed by atoms with Gasteiger partial charge in [-0.3, -0.25) is 14.8 Å². The minimum absolute atomic E-state index is 0.0283. The second-order valence-corrected chi connectivity index (χ2v) is 9.01. The zero-order valence-corrected chi connectivity index (χ0v) is 20.5. The Bertz CT molecular complexity index is 1390. The Morgan fingerprint density at radius 2 is 1.86 bits per heavy atom. The fraction of sp³-hybridized carbons (Fsp3) is 0.286. The molecule has 1 aliphatic rings. The molecule has 0 radical (unpaired) electrons. The summed E-state index contributed by atoms with van der Waals surface area (Å²) in [6.07, 6.45) is 9.96. The predicted molar refractivity (Wildman–Crippen MR) is 134 cm³/mol. The van der Waals surface area contributed by atoms with Crippen LogP contribution in [0.3, 0.4) is 0 Å². The molecule has 0 N–H and O–H groups in total. The van der Waals surface area contributed by atoms with Gasteiger partial charge in [0.15, 0.2) is 0 Å².